The number of rotatable bonds is 7. The number of aromatic nitrogens is 1. The minimum Gasteiger partial charge on any atom is -0.451 e. The molecule has 1 saturated carbocycles. The maximum absolute atomic E-state index is 13.7. The normalized spacial score (nSPS) is 18.8. The van der Waals surface area contributed by atoms with Gasteiger partial charge >= 0.3 is 5.97 Å². The van der Waals surface area contributed by atoms with E-state index in [4.69, 9.17) is 21.3 Å². The Morgan fingerprint density at radius 2 is 1.61 bits per heavy atom. The van der Waals surface area contributed by atoms with Gasteiger partial charge in [0.05, 0.1) is 34.3 Å². The third kappa shape index (κ3) is 5.57. The Bertz CT molecular complexity index is 1780. The number of amides is 2. The van der Waals surface area contributed by atoms with E-state index in [-0.39, 0.29) is 35.0 Å². The Morgan fingerprint density at radius 3 is 2.23 bits per heavy atom. The molecular weight excluding hydrogens is 644 g/mol. The van der Waals surface area contributed by atoms with Gasteiger partial charge < -0.3 is 4.74 Å². The Labute approximate surface area is 268 Å². The van der Waals surface area contributed by atoms with Crippen LogP contribution in [0.2, 0.25) is 5.02 Å². The number of anilines is 1. The summed E-state index contributed by atoms with van der Waals surface area (Å²) in [5.74, 6) is -1.70. The Hall–Kier alpha value is -3.88. The average Bonchev–Trinajstić information content (AvgIpc) is 3.29. The maximum Gasteiger partial charge on any atom is 0.339 e. The number of ether oxygens (including phenoxy) is 1. The number of fused-ring (bicyclic) bond motifs is 2. The van der Waals surface area contributed by atoms with E-state index in [0.717, 1.165) is 35.7 Å². The fourth-order valence-electron chi connectivity index (χ4n) is 6.27. The predicted molar refractivity (Wildman–Crippen MR) is 173 cm³/mol. The highest BCUT2D eigenvalue weighted by Gasteiger charge is 2.48. The van der Waals surface area contributed by atoms with Crippen molar-refractivity contribution in [3.63, 3.8) is 0 Å². The summed E-state index contributed by atoms with van der Waals surface area (Å²) in [6, 6.07) is 19.0. The molecular formula is C35H30BrClN2O5. The van der Waals surface area contributed by atoms with E-state index in [1.54, 1.807) is 61.5 Å². The summed E-state index contributed by atoms with van der Waals surface area (Å²) in [5.41, 5.74) is 4.01. The topological polar surface area (TPSA) is 93.6 Å². The van der Waals surface area contributed by atoms with Gasteiger partial charge in [0.2, 0.25) is 17.6 Å². The molecule has 2 amide bonds. The number of esters is 1. The van der Waals surface area contributed by atoms with Gasteiger partial charge in [0, 0.05) is 26.0 Å². The van der Waals surface area contributed by atoms with Gasteiger partial charge in [0.1, 0.15) is 0 Å². The molecule has 0 radical (unpaired) electrons. The van der Waals surface area contributed by atoms with Crippen LogP contribution in [-0.4, -0.2) is 34.7 Å². The van der Waals surface area contributed by atoms with E-state index in [2.05, 4.69) is 15.9 Å². The van der Waals surface area contributed by atoms with Crippen molar-refractivity contribution in [2.75, 3.05) is 4.90 Å². The number of halogens is 2. The molecule has 3 atom stereocenters. The first-order valence-electron chi connectivity index (χ1n) is 14.8. The van der Waals surface area contributed by atoms with Crippen molar-refractivity contribution in [2.24, 2.45) is 11.8 Å². The van der Waals surface area contributed by atoms with Gasteiger partial charge in [-0.15, -0.1) is 0 Å². The van der Waals surface area contributed by atoms with Crippen molar-refractivity contribution in [3.8, 4) is 11.3 Å². The van der Waals surface area contributed by atoms with Crippen molar-refractivity contribution >= 4 is 67.7 Å². The van der Waals surface area contributed by atoms with Crippen molar-refractivity contribution in [3.05, 3.63) is 92.9 Å². The van der Waals surface area contributed by atoms with Crippen LogP contribution in [-0.2, 0) is 20.7 Å². The number of ketones is 1. The first-order valence-corrected chi connectivity index (χ1v) is 16.0. The first kappa shape index (κ1) is 30.2. The Balaban J connectivity index is 1.34. The van der Waals surface area contributed by atoms with Crippen LogP contribution in [0.4, 0.5) is 5.69 Å². The first-order chi connectivity index (χ1) is 21.2. The number of benzene rings is 3. The second-order valence-corrected chi connectivity index (χ2v) is 12.7. The molecule has 1 aromatic heterocycles. The number of carbonyl (C=O) groups excluding carboxylic acids is 4. The maximum atomic E-state index is 13.7. The molecule has 2 heterocycles. The molecule has 3 aromatic carbocycles. The number of hydrogen-bond donors (Lipinski definition) is 0. The second-order valence-electron chi connectivity index (χ2n) is 11.3. The summed E-state index contributed by atoms with van der Waals surface area (Å²) in [5, 5.41) is 1.10. The van der Waals surface area contributed by atoms with Crippen LogP contribution in [0, 0.1) is 11.8 Å². The monoisotopic (exact) mass is 672 g/mol. The zero-order chi connectivity index (χ0) is 31.1. The van der Waals surface area contributed by atoms with Gasteiger partial charge in [-0.05, 0) is 86.3 Å². The molecule has 6 rings (SSSR count). The molecule has 2 fully saturated rings. The van der Waals surface area contributed by atoms with E-state index < -0.39 is 12.1 Å². The van der Waals surface area contributed by atoms with Crippen molar-refractivity contribution < 1.29 is 23.9 Å². The molecule has 1 aliphatic carbocycles. The quantitative estimate of drug-likeness (QED) is 0.112. The van der Waals surface area contributed by atoms with E-state index in [1.165, 1.54) is 4.90 Å². The highest BCUT2D eigenvalue weighted by molar-refractivity contribution is 9.10. The van der Waals surface area contributed by atoms with Gasteiger partial charge in [-0.25, -0.2) is 9.78 Å². The SMILES string of the molecule is CCc1cc(Br)cc2c(C(=O)OC(C)C(=O)c3ccc(Cl)cc3)cc(-c3ccc(N4C(=O)C5CCCCC5C4=O)cc3)nc12. The number of aryl methyl sites for hydroxylation is 1. The largest absolute Gasteiger partial charge is 0.451 e. The average molecular weight is 674 g/mol. The minimum absolute atomic E-state index is 0.123. The number of imide groups is 1. The number of pyridine rings is 1. The summed E-state index contributed by atoms with van der Waals surface area (Å²) in [7, 11) is 0. The molecule has 1 aliphatic heterocycles. The summed E-state index contributed by atoms with van der Waals surface area (Å²) >= 11 is 9.51. The Morgan fingerprint density at radius 1 is 0.977 bits per heavy atom. The molecule has 0 bridgehead atoms. The third-order valence-electron chi connectivity index (χ3n) is 8.60. The minimum atomic E-state index is -1.04. The highest BCUT2D eigenvalue weighted by atomic mass is 79.9. The van der Waals surface area contributed by atoms with Gasteiger partial charge in [-0.2, -0.15) is 0 Å². The van der Waals surface area contributed by atoms with Crippen LogP contribution in [0.1, 0.15) is 65.8 Å². The lowest BCUT2D eigenvalue weighted by Gasteiger charge is -2.19. The third-order valence-corrected chi connectivity index (χ3v) is 9.31. The van der Waals surface area contributed by atoms with Crippen molar-refractivity contribution in [1.29, 1.82) is 0 Å². The fraction of sp³-hybridized carbons (Fsp3) is 0.286. The molecule has 0 spiro atoms. The number of hydrogen-bond acceptors (Lipinski definition) is 6. The van der Waals surface area contributed by atoms with E-state index in [1.807, 2.05) is 19.1 Å². The van der Waals surface area contributed by atoms with Gasteiger partial charge in [0.15, 0.2) is 6.10 Å². The molecule has 0 N–H and O–H groups in total. The summed E-state index contributed by atoms with van der Waals surface area (Å²) in [4.78, 5) is 59.2. The van der Waals surface area contributed by atoms with Crippen LogP contribution >= 0.6 is 27.5 Å². The van der Waals surface area contributed by atoms with Crippen LogP contribution in [0.15, 0.2) is 71.2 Å². The van der Waals surface area contributed by atoms with Crippen LogP contribution < -0.4 is 4.90 Å². The van der Waals surface area contributed by atoms with Crippen molar-refractivity contribution in [2.45, 2.75) is 52.1 Å². The smallest absolute Gasteiger partial charge is 0.339 e. The molecule has 2 aliphatic rings. The molecule has 4 aromatic rings. The summed E-state index contributed by atoms with van der Waals surface area (Å²) in [6.45, 7) is 3.55. The summed E-state index contributed by atoms with van der Waals surface area (Å²) in [6.07, 6.45) is 3.08. The fourth-order valence-corrected chi connectivity index (χ4v) is 6.90. The molecule has 224 valence electrons. The molecule has 7 nitrogen and oxygen atoms in total. The van der Waals surface area contributed by atoms with Crippen molar-refractivity contribution in [1.82, 2.24) is 4.98 Å². The van der Waals surface area contributed by atoms with Crippen LogP contribution in [0.25, 0.3) is 22.2 Å². The molecule has 44 heavy (non-hydrogen) atoms. The van der Waals surface area contributed by atoms with E-state index >= 15 is 0 Å². The van der Waals surface area contributed by atoms with Crippen LogP contribution in [0.5, 0.6) is 0 Å². The summed E-state index contributed by atoms with van der Waals surface area (Å²) < 4.78 is 6.50. The molecule has 9 heteroatoms. The van der Waals surface area contributed by atoms with Gasteiger partial charge in [0.25, 0.3) is 0 Å². The molecule has 1 saturated heterocycles. The standard InChI is InChI=1S/C35H30BrClN2O5/c1-3-20-16-23(36)17-28-29(35(43)44-19(2)32(40)22-8-12-24(37)13-9-22)18-30(38-31(20)28)21-10-14-25(15-11-21)39-33(41)26-6-4-5-7-27(26)34(39)42/h8-19,26-27H,3-7H2,1-2H3. The lowest BCUT2D eigenvalue weighted by molar-refractivity contribution is -0.122. The number of Topliss-reactive ketones (excluding diaryl/α,β-unsaturated/α-hetero) is 1. The van der Waals surface area contributed by atoms with Gasteiger partial charge in [-0.3, -0.25) is 19.3 Å². The number of nitrogens with zero attached hydrogens (tertiary/aromatic N) is 2. The zero-order valence-electron chi connectivity index (χ0n) is 24.3. The van der Waals surface area contributed by atoms with E-state index in [0.29, 0.717) is 44.9 Å². The van der Waals surface area contributed by atoms with Crippen LogP contribution in [0.3, 0.4) is 0 Å². The zero-order valence-corrected chi connectivity index (χ0v) is 26.7. The number of carbonyl (C=O) groups is 4. The lowest BCUT2D eigenvalue weighted by atomic mass is 9.81. The Kier molecular flexibility index (Phi) is 8.40. The second kappa shape index (κ2) is 12.3. The lowest BCUT2D eigenvalue weighted by Crippen LogP contribution is -2.30. The molecule has 3 unspecified atom stereocenters. The predicted octanol–water partition coefficient (Wildman–Crippen LogP) is 7.99. The highest BCUT2D eigenvalue weighted by Crippen LogP contribution is 2.40. The van der Waals surface area contributed by atoms with E-state index in [9.17, 15) is 19.2 Å². The van der Waals surface area contributed by atoms with Gasteiger partial charge in [-0.1, -0.05) is 59.4 Å².